The SMILES string of the molecule is O=C(O)[C@@H]1CN(C(=O)OCC2c3ccccc3-c3ccccc32)C[C@H]1c1ccc(C2CC2)cc1. The smallest absolute Gasteiger partial charge is 0.409 e. The maximum Gasteiger partial charge on any atom is 0.409 e. The quantitative estimate of drug-likeness (QED) is 0.545. The molecule has 5 nitrogen and oxygen atoms in total. The van der Waals surface area contributed by atoms with E-state index in [9.17, 15) is 14.7 Å². The Morgan fingerprint density at radius 1 is 0.824 bits per heavy atom. The minimum absolute atomic E-state index is 0.0139. The van der Waals surface area contributed by atoms with Gasteiger partial charge in [0, 0.05) is 24.9 Å². The molecule has 2 aliphatic carbocycles. The lowest BCUT2D eigenvalue weighted by Gasteiger charge is -2.19. The summed E-state index contributed by atoms with van der Waals surface area (Å²) in [6.07, 6.45) is 2.02. The summed E-state index contributed by atoms with van der Waals surface area (Å²) < 4.78 is 5.79. The normalized spacial score (nSPS) is 21.2. The van der Waals surface area contributed by atoms with Gasteiger partial charge in [0.05, 0.1) is 5.92 Å². The molecular formula is C29H27NO4. The molecule has 5 heteroatoms. The highest BCUT2D eigenvalue weighted by Crippen LogP contribution is 2.45. The molecule has 0 spiro atoms. The molecule has 1 saturated carbocycles. The lowest BCUT2D eigenvalue weighted by atomic mass is 9.88. The Morgan fingerprint density at radius 2 is 1.41 bits per heavy atom. The summed E-state index contributed by atoms with van der Waals surface area (Å²) in [5, 5.41) is 9.84. The summed E-state index contributed by atoms with van der Waals surface area (Å²) in [6, 6.07) is 24.8. The Hall–Kier alpha value is -3.60. The first kappa shape index (κ1) is 21.0. The fourth-order valence-electron chi connectivity index (χ4n) is 5.66. The van der Waals surface area contributed by atoms with Gasteiger partial charge in [-0.2, -0.15) is 0 Å². The van der Waals surface area contributed by atoms with Crippen molar-refractivity contribution in [3.63, 3.8) is 0 Å². The molecule has 34 heavy (non-hydrogen) atoms. The number of fused-ring (bicyclic) bond motifs is 3. The van der Waals surface area contributed by atoms with E-state index in [1.54, 1.807) is 4.90 Å². The van der Waals surface area contributed by atoms with E-state index < -0.39 is 18.0 Å². The van der Waals surface area contributed by atoms with Crippen molar-refractivity contribution in [3.8, 4) is 11.1 Å². The highest BCUT2D eigenvalue weighted by Gasteiger charge is 2.41. The maximum absolute atomic E-state index is 13.0. The van der Waals surface area contributed by atoms with Gasteiger partial charge in [-0.3, -0.25) is 4.79 Å². The molecule has 2 fully saturated rings. The van der Waals surface area contributed by atoms with E-state index in [1.807, 2.05) is 36.4 Å². The first-order chi connectivity index (χ1) is 16.6. The van der Waals surface area contributed by atoms with Gasteiger partial charge in [-0.15, -0.1) is 0 Å². The number of ether oxygens (including phenoxy) is 1. The molecule has 6 rings (SSSR count). The predicted octanol–water partition coefficient (Wildman–Crippen LogP) is 5.61. The van der Waals surface area contributed by atoms with Crippen LogP contribution in [0.25, 0.3) is 11.1 Å². The van der Waals surface area contributed by atoms with E-state index in [1.165, 1.54) is 29.5 Å². The third-order valence-corrected chi connectivity index (χ3v) is 7.64. The maximum atomic E-state index is 13.0. The Labute approximate surface area is 199 Å². The monoisotopic (exact) mass is 453 g/mol. The summed E-state index contributed by atoms with van der Waals surface area (Å²) in [6.45, 7) is 0.763. The first-order valence-electron chi connectivity index (χ1n) is 12.0. The van der Waals surface area contributed by atoms with Crippen LogP contribution in [0, 0.1) is 5.92 Å². The lowest BCUT2D eigenvalue weighted by molar-refractivity contribution is -0.141. The number of carboxylic acid groups (broad SMARTS) is 1. The summed E-state index contributed by atoms with van der Waals surface area (Å²) in [5.74, 6) is -1.09. The number of nitrogens with zero attached hydrogens (tertiary/aromatic N) is 1. The van der Waals surface area contributed by atoms with Crippen LogP contribution >= 0.6 is 0 Å². The summed E-state index contributed by atoms with van der Waals surface area (Å²) in [7, 11) is 0. The molecule has 1 heterocycles. The number of likely N-dealkylation sites (tertiary alicyclic amines) is 1. The largest absolute Gasteiger partial charge is 0.481 e. The van der Waals surface area contributed by atoms with Crippen LogP contribution in [0.4, 0.5) is 4.79 Å². The van der Waals surface area contributed by atoms with Gasteiger partial charge in [0.15, 0.2) is 0 Å². The van der Waals surface area contributed by atoms with Crippen molar-refractivity contribution in [1.82, 2.24) is 4.90 Å². The molecule has 3 aromatic rings. The van der Waals surface area contributed by atoms with Crippen molar-refractivity contribution >= 4 is 12.1 Å². The molecule has 0 unspecified atom stereocenters. The topological polar surface area (TPSA) is 66.8 Å². The number of rotatable bonds is 5. The van der Waals surface area contributed by atoms with Crippen LogP contribution in [0.3, 0.4) is 0 Å². The van der Waals surface area contributed by atoms with E-state index in [4.69, 9.17) is 4.74 Å². The highest BCUT2D eigenvalue weighted by atomic mass is 16.6. The third kappa shape index (κ3) is 3.65. The second-order valence-corrected chi connectivity index (χ2v) is 9.70. The lowest BCUT2D eigenvalue weighted by Crippen LogP contribution is -2.31. The Bertz CT molecular complexity index is 1200. The number of aliphatic carboxylic acids is 1. The molecule has 1 N–H and O–H groups in total. The summed E-state index contributed by atoms with van der Waals surface area (Å²) in [5.41, 5.74) is 6.99. The van der Waals surface area contributed by atoms with Gasteiger partial charge < -0.3 is 14.7 Å². The number of carbonyl (C=O) groups excluding carboxylic acids is 1. The molecule has 3 aliphatic rings. The number of hydrogen-bond acceptors (Lipinski definition) is 3. The molecule has 2 atom stereocenters. The number of amides is 1. The van der Waals surface area contributed by atoms with Crippen molar-refractivity contribution < 1.29 is 19.4 Å². The first-order valence-corrected chi connectivity index (χ1v) is 12.0. The number of carboxylic acids is 1. The van der Waals surface area contributed by atoms with Gasteiger partial charge in [-0.25, -0.2) is 4.79 Å². The second kappa shape index (κ2) is 8.32. The number of carbonyl (C=O) groups is 2. The average molecular weight is 454 g/mol. The molecule has 1 saturated heterocycles. The fraction of sp³-hybridized carbons (Fsp3) is 0.310. The van der Waals surface area contributed by atoms with E-state index in [2.05, 4.69) is 36.4 Å². The zero-order valence-electron chi connectivity index (χ0n) is 18.9. The molecular weight excluding hydrogens is 426 g/mol. The second-order valence-electron chi connectivity index (χ2n) is 9.70. The van der Waals surface area contributed by atoms with Gasteiger partial charge in [-0.1, -0.05) is 72.8 Å². The van der Waals surface area contributed by atoms with E-state index in [-0.39, 0.29) is 25.0 Å². The van der Waals surface area contributed by atoms with Gasteiger partial charge in [0.25, 0.3) is 0 Å². The number of hydrogen-bond donors (Lipinski definition) is 1. The minimum Gasteiger partial charge on any atom is -0.481 e. The van der Waals surface area contributed by atoms with Crippen LogP contribution in [0.2, 0.25) is 0 Å². The van der Waals surface area contributed by atoms with Gasteiger partial charge in [0.2, 0.25) is 0 Å². The van der Waals surface area contributed by atoms with Crippen LogP contribution in [0.5, 0.6) is 0 Å². The zero-order valence-corrected chi connectivity index (χ0v) is 18.9. The van der Waals surface area contributed by atoms with Crippen molar-refractivity contribution in [2.45, 2.75) is 30.6 Å². The Balaban J connectivity index is 1.17. The highest BCUT2D eigenvalue weighted by molar-refractivity contribution is 5.79. The van der Waals surface area contributed by atoms with E-state index >= 15 is 0 Å². The predicted molar refractivity (Wildman–Crippen MR) is 129 cm³/mol. The fourth-order valence-corrected chi connectivity index (χ4v) is 5.66. The van der Waals surface area contributed by atoms with Crippen LogP contribution in [0.15, 0.2) is 72.8 Å². The minimum atomic E-state index is -0.870. The standard InChI is InChI=1S/C29H27NO4/c31-28(32)26-16-30(15-25(26)20-13-11-19(12-14-20)18-9-10-18)29(33)34-17-27-23-7-3-1-5-21(23)22-6-2-4-8-24(22)27/h1-8,11-14,18,25-27H,9-10,15-17H2,(H,31,32)/t25-,26+/m0/s1. The molecule has 1 aliphatic heterocycles. The van der Waals surface area contributed by atoms with Gasteiger partial charge >= 0.3 is 12.1 Å². The van der Waals surface area contributed by atoms with Gasteiger partial charge in [-0.05, 0) is 52.1 Å². The van der Waals surface area contributed by atoms with Crippen LogP contribution in [0.1, 0.15) is 52.8 Å². The van der Waals surface area contributed by atoms with Crippen molar-refractivity contribution in [2.75, 3.05) is 19.7 Å². The van der Waals surface area contributed by atoms with Gasteiger partial charge in [0.1, 0.15) is 6.61 Å². The van der Waals surface area contributed by atoms with Crippen molar-refractivity contribution in [1.29, 1.82) is 0 Å². The Morgan fingerprint density at radius 3 is 2.00 bits per heavy atom. The van der Waals surface area contributed by atoms with E-state index in [0.29, 0.717) is 12.5 Å². The van der Waals surface area contributed by atoms with E-state index in [0.717, 1.165) is 16.7 Å². The van der Waals surface area contributed by atoms with Crippen LogP contribution < -0.4 is 0 Å². The van der Waals surface area contributed by atoms with Crippen LogP contribution in [-0.4, -0.2) is 41.8 Å². The average Bonchev–Trinajstić information content (AvgIpc) is 3.53. The molecule has 3 aromatic carbocycles. The summed E-state index contributed by atoms with van der Waals surface area (Å²) >= 11 is 0. The Kier molecular flexibility index (Phi) is 5.13. The van der Waals surface area contributed by atoms with Crippen molar-refractivity contribution in [2.24, 2.45) is 5.92 Å². The third-order valence-electron chi connectivity index (χ3n) is 7.64. The number of benzene rings is 3. The molecule has 1 amide bonds. The van der Waals surface area contributed by atoms with Crippen LogP contribution in [-0.2, 0) is 9.53 Å². The molecule has 172 valence electrons. The van der Waals surface area contributed by atoms with Crippen molar-refractivity contribution in [3.05, 3.63) is 95.1 Å². The molecule has 0 aromatic heterocycles. The summed E-state index contributed by atoms with van der Waals surface area (Å²) in [4.78, 5) is 26.6. The molecule has 0 bridgehead atoms. The zero-order chi connectivity index (χ0) is 23.2. The molecule has 0 radical (unpaired) electrons.